The van der Waals surface area contributed by atoms with Crippen LogP contribution in [-0.2, 0) is 6.54 Å². The van der Waals surface area contributed by atoms with E-state index in [1.807, 2.05) is 0 Å². The van der Waals surface area contributed by atoms with Gasteiger partial charge in [-0.05, 0) is 23.8 Å². The van der Waals surface area contributed by atoms with Gasteiger partial charge in [0.1, 0.15) is 5.69 Å². The number of rotatable bonds is 6. The zero-order valence-corrected chi connectivity index (χ0v) is 12.3. The predicted molar refractivity (Wildman–Crippen MR) is 86.7 cm³/mol. The van der Waals surface area contributed by atoms with E-state index in [1.54, 1.807) is 24.3 Å². The van der Waals surface area contributed by atoms with E-state index in [2.05, 4.69) is 10.6 Å². The van der Waals surface area contributed by atoms with E-state index in [-0.39, 0.29) is 23.6 Å². The quantitative estimate of drug-likeness (QED) is 0.546. The van der Waals surface area contributed by atoms with Gasteiger partial charge in [-0.2, -0.15) is 0 Å². The highest BCUT2D eigenvalue weighted by Gasteiger charge is 2.19. The molecule has 2 aromatic rings. The summed E-state index contributed by atoms with van der Waals surface area (Å²) in [4.78, 5) is 31.1. The first-order valence-corrected chi connectivity index (χ1v) is 6.69. The molecule has 0 aliphatic carbocycles. The molecule has 0 fully saturated rings. The number of anilines is 2. The van der Waals surface area contributed by atoms with Crippen molar-refractivity contribution in [2.24, 2.45) is 5.73 Å². The van der Waals surface area contributed by atoms with Crippen LogP contribution in [-0.4, -0.2) is 15.9 Å². The summed E-state index contributed by atoms with van der Waals surface area (Å²) >= 11 is 0. The van der Waals surface area contributed by atoms with Crippen molar-refractivity contribution < 1.29 is 14.6 Å². The van der Waals surface area contributed by atoms with Gasteiger partial charge in [-0.15, -0.1) is 0 Å². The van der Waals surface area contributed by atoms with Crippen molar-refractivity contribution in [2.75, 3.05) is 10.6 Å². The molecule has 0 spiro atoms. The second-order valence-corrected chi connectivity index (χ2v) is 4.76. The largest absolute Gasteiger partial charge is 0.375 e. The molecule has 124 valence electrons. The molecule has 10 nitrogen and oxygen atoms in total. The monoisotopic (exact) mass is 331 g/mol. The van der Waals surface area contributed by atoms with Gasteiger partial charge < -0.3 is 16.4 Å². The molecule has 0 radical (unpaired) electrons. The average molecular weight is 331 g/mol. The number of benzene rings is 2. The zero-order chi connectivity index (χ0) is 17.7. The van der Waals surface area contributed by atoms with Gasteiger partial charge in [0.15, 0.2) is 0 Å². The molecular formula is C14H13N5O5. The van der Waals surface area contributed by atoms with Crippen molar-refractivity contribution in [3.8, 4) is 0 Å². The molecule has 0 atom stereocenters. The van der Waals surface area contributed by atoms with E-state index in [0.717, 1.165) is 11.6 Å². The average Bonchev–Trinajstić information content (AvgIpc) is 2.53. The van der Waals surface area contributed by atoms with Gasteiger partial charge in [-0.25, -0.2) is 4.79 Å². The Balaban J connectivity index is 2.12. The van der Waals surface area contributed by atoms with Gasteiger partial charge >= 0.3 is 6.03 Å². The number of nitro groups is 2. The number of hydrogen-bond donors (Lipinski definition) is 3. The van der Waals surface area contributed by atoms with Gasteiger partial charge in [-0.1, -0.05) is 12.1 Å². The van der Waals surface area contributed by atoms with Crippen molar-refractivity contribution >= 4 is 28.8 Å². The summed E-state index contributed by atoms with van der Waals surface area (Å²) < 4.78 is 0. The lowest BCUT2D eigenvalue weighted by Gasteiger charge is -2.08. The second-order valence-electron chi connectivity index (χ2n) is 4.76. The Hall–Kier alpha value is -3.69. The number of carbonyl (C=O) groups is 1. The molecule has 0 aliphatic heterocycles. The molecule has 2 aromatic carbocycles. The van der Waals surface area contributed by atoms with Crippen LogP contribution in [0.25, 0.3) is 0 Å². The summed E-state index contributed by atoms with van der Waals surface area (Å²) in [6, 6.07) is 9.38. The van der Waals surface area contributed by atoms with Crippen LogP contribution in [0.15, 0.2) is 42.5 Å². The number of nitrogens with zero attached hydrogens (tertiary/aromatic N) is 2. The van der Waals surface area contributed by atoms with E-state index in [9.17, 15) is 25.0 Å². The molecule has 2 amide bonds. The molecule has 0 bridgehead atoms. The first-order valence-electron chi connectivity index (χ1n) is 6.69. The van der Waals surface area contributed by atoms with Crippen LogP contribution < -0.4 is 16.4 Å². The number of urea groups is 1. The summed E-state index contributed by atoms with van der Waals surface area (Å²) in [5.74, 6) is 0. The van der Waals surface area contributed by atoms with Gasteiger partial charge in [-0.3, -0.25) is 20.2 Å². The topological polar surface area (TPSA) is 153 Å². The Bertz CT molecular complexity index is 791. The molecule has 24 heavy (non-hydrogen) atoms. The number of nitrogens with two attached hydrogens (primary N) is 1. The lowest BCUT2D eigenvalue weighted by atomic mass is 10.2. The molecule has 0 heterocycles. The van der Waals surface area contributed by atoms with Crippen molar-refractivity contribution in [1.82, 2.24) is 0 Å². The maximum atomic E-state index is 11.0. The van der Waals surface area contributed by atoms with E-state index >= 15 is 0 Å². The smallest absolute Gasteiger partial charge is 0.316 e. The molecule has 0 unspecified atom stereocenters. The van der Waals surface area contributed by atoms with Crippen LogP contribution in [0.3, 0.4) is 0 Å². The highest BCUT2D eigenvalue weighted by molar-refractivity contribution is 5.87. The summed E-state index contributed by atoms with van der Waals surface area (Å²) in [5.41, 5.74) is 5.75. The molecule has 0 aromatic heterocycles. The number of nitro benzene ring substituents is 2. The van der Waals surface area contributed by atoms with Gasteiger partial charge in [0.2, 0.25) is 0 Å². The Morgan fingerprint density at radius 2 is 1.71 bits per heavy atom. The Labute approximate surface area is 135 Å². The number of hydrogen-bond acceptors (Lipinski definition) is 6. The van der Waals surface area contributed by atoms with E-state index in [4.69, 9.17) is 5.73 Å². The SMILES string of the molecule is NC(=O)Nc1ccc(CNc2ccc([N+](=O)[O-])cc2[N+](=O)[O-])cc1. The maximum absolute atomic E-state index is 11.0. The van der Waals surface area contributed by atoms with Gasteiger partial charge in [0, 0.05) is 18.3 Å². The fourth-order valence-corrected chi connectivity index (χ4v) is 1.98. The summed E-state index contributed by atoms with van der Waals surface area (Å²) in [7, 11) is 0. The number of primary amides is 1. The number of nitrogens with one attached hydrogen (secondary N) is 2. The molecule has 0 saturated heterocycles. The lowest BCUT2D eigenvalue weighted by Crippen LogP contribution is -2.19. The molecule has 10 heteroatoms. The van der Waals surface area contributed by atoms with Crippen molar-refractivity contribution in [2.45, 2.75) is 6.54 Å². The zero-order valence-electron chi connectivity index (χ0n) is 12.3. The minimum absolute atomic E-state index is 0.171. The third-order valence-electron chi connectivity index (χ3n) is 3.09. The first kappa shape index (κ1) is 16.7. The summed E-state index contributed by atoms with van der Waals surface area (Å²) in [6.07, 6.45) is 0. The number of amides is 2. The molecule has 0 aliphatic rings. The molecule has 2 rings (SSSR count). The second kappa shape index (κ2) is 7.05. The number of carbonyl (C=O) groups excluding carboxylic acids is 1. The summed E-state index contributed by atoms with van der Waals surface area (Å²) in [6.45, 7) is 0.259. The fraction of sp³-hybridized carbons (Fsp3) is 0.0714. The molecule has 4 N–H and O–H groups in total. The normalized spacial score (nSPS) is 10.0. The van der Waals surface area contributed by atoms with E-state index in [0.29, 0.717) is 5.69 Å². The Morgan fingerprint density at radius 1 is 1.04 bits per heavy atom. The van der Waals surface area contributed by atoms with Crippen molar-refractivity contribution in [3.05, 3.63) is 68.3 Å². The molecular weight excluding hydrogens is 318 g/mol. The van der Waals surface area contributed by atoms with Crippen LogP contribution in [0.2, 0.25) is 0 Å². The highest BCUT2D eigenvalue weighted by Crippen LogP contribution is 2.29. The molecule has 0 saturated carbocycles. The summed E-state index contributed by atoms with van der Waals surface area (Å²) in [5, 5.41) is 27.0. The maximum Gasteiger partial charge on any atom is 0.316 e. The third kappa shape index (κ3) is 4.16. The standard InChI is InChI=1S/C14H13N5O5/c15-14(20)17-10-3-1-9(2-4-10)8-16-12-6-5-11(18(21)22)7-13(12)19(23)24/h1-7,16H,8H2,(H3,15,17,20). The van der Waals surface area contributed by atoms with Crippen LogP contribution in [0.1, 0.15) is 5.56 Å². The van der Waals surface area contributed by atoms with Crippen LogP contribution in [0, 0.1) is 20.2 Å². The fourth-order valence-electron chi connectivity index (χ4n) is 1.98. The van der Waals surface area contributed by atoms with Gasteiger partial charge in [0.25, 0.3) is 11.4 Å². The minimum atomic E-state index is -0.693. The number of non-ortho nitro benzene ring substituents is 1. The van der Waals surface area contributed by atoms with Crippen LogP contribution in [0.5, 0.6) is 0 Å². The van der Waals surface area contributed by atoms with Crippen LogP contribution >= 0.6 is 0 Å². The van der Waals surface area contributed by atoms with E-state index in [1.165, 1.54) is 12.1 Å². The minimum Gasteiger partial charge on any atom is -0.375 e. The predicted octanol–water partition coefficient (Wildman–Crippen LogP) is 2.61. The third-order valence-corrected chi connectivity index (χ3v) is 3.09. The van der Waals surface area contributed by atoms with Gasteiger partial charge in [0.05, 0.1) is 15.9 Å². The van der Waals surface area contributed by atoms with E-state index < -0.39 is 15.9 Å². The van der Waals surface area contributed by atoms with Crippen molar-refractivity contribution in [3.63, 3.8) is 0 Å². The van der Waals surface area contributed by atoms with Crippen molar-refractivity contribution in [1.29, 1.82) is 0 Å². The first-order chi connectivity index (χ1) is 11.4. The lowest BCUT2D eigenvalue weighted by molar-refractivity contribution is -0.393. The Kier molecular flexibility index (Phi) is 4.90. The highest BCUT2D eigenvalue weighted by atomic mass is 16.6. The Morgan fingerprint density at radius 3 is 2.25 bits per heavy atom. The van der Waals surface area contributed by atoms with Crippen LogP contribution in [0.4, 0.5) is 27.5 Å².